The highest BCUT2D eigenvalue weighted by Crippen LogP contribution is 2.22. The minimum absolute atomic E-state index is 0.313. The Morgan fingerprint density at radius 1 is 1.10 bits per heavy atom. The minimum atomic E-state index is 0.313. The lowest BCUT2D eigenvalue weighted by Gasteiger charge is -2.24. The van der Waals surface area contributed by atoms with E-state index in [2.05, 4.69) is 71.1 Å². The van der Waals surface area contributed by atoms with Crippen molar-refractivity contribution >= 4 is 0 Å². The summed E-state index contributed by atoms with van der Waals surface area (Å²) in [5.41, 5.74) is 1.65. The van der Waals surface area contributed by atoms with Crippen molar-refractivity contribution in [3.8, 4) is 5.75 Å². The van der Waals surface area contributed by atoms with E-state index in [1.165, 1.54) is 5.56 Å². The van der Waals surface area contributed by atoms with Gasteiger partial charge in [0.15, 0.2) is 0 Å². The van der Waals surface area contributed by atoms with Crippen LogP contribution in [-0.2, 0) is 0 Å². The molecule has 2 nitrogen and oxygen atoms in total. The second kappa shape index (κ2) is 7.68. The van der Waals surface area contributed by atoms with Crippen LogP contribution in [0.1, 0.15) is 59.6 Å². The molecular formula is C18H31NO. The first-order valence-electron chi connectivity index (χ1n) is 7.78. The fraction of sp³-hybridized carbons (Fsp3) is 0.667. The smallest absolute Gasteiger partial charge is 0.119 e. The van der Waals surface area contributed by atoms with Crippen LogP contribution in [0, 0.1) is 11.3 Å². The predicted octanol–water partition coefficient (Wildman–Crippen LogP) is 4.81. The van der Waals surface area contributed by atoms with E-state index in [1.54, 1.807) is 0 Å². The highest BCUT2D eigenvalue weighted by Gasteiger charge is 2.14. The van der Waals surface area contributed by atoms with Gasteiger partial charge in [0, 0.05) is 12.6 Å². The fourth-order valence-corrected chi connectivity index (χ4v) is 1.99. The maximum Gasteiger partial charge on any atom is 0.119 e. The third-order valence-electron chi connectivity index (χ3n) is 3.15. The molecule has 1 aromatic carbocycles. The molecular weight excluding hydrogens is 246 g/mol. The Bertz CT molecular complexity index is 375. The molecule has 2 heteroatoms. The Morgan fingerprint density at radius 2 is 1.70 bits per heavy atom. The van der Waals surface area contributed by atoms with Crippen LogP contribution in [0.5, 0.6) is 5.75 Å². The maximum atomic E-state index is 5.73. The van der Waals surface area contributed by atoms with E-state index in [9.17, 15) is 0 Å². The van der Waals surface area contributed by atoms with Crippen molar-refractivity contribution in [1.82, 2.24) is 5.32 Å². The van der Waals surface area contributed by atoms with Crippen LogP contribution in [-0.4, -0.2) is 13.2 Å². The summed E-state index contributed by atoms with van der Waals surface area (Å²) in [6.07, 6.45) is 1.10. The number of nitrogens with one attached hydrogen (secondary N) is 1. The minimum Gasteiger partial charge on any atom is -0.493 e. The number of hydrogen-bond acceptors (Lipinski definition) is 2. The van der Waals surface area contributed by atoms with Crippen LogP contribution >= 0.6 is 0 Å². The van der Waals surface area contributed by atoms with Gasteiger partial charge < -0.3 is 10.1 Å². The van der Waals surface area contributed by atoms with Crippen molar-refractivity contribution in [1.29, 1.82) is 0 Å². The van der Waals surface area contributed by atoms with Gasteiger partial charge in [-0.1, -0.05) is 53.7 Å². The molecule has 0 aliphatic carbocycles. The number of benzene rings is 1. The Hall–Kier alpha value is -1.02. The largest absolute Gasteiger partial charge is 0.493 e. The summed E-state index contributed by atoms with van der Waals surface area (Å²) in [7, 11) is 0. The molecule has 20 heavy (non-hydrogen) atoms. The SMILES string of the molecule is CCC(NCC(C)(C)C)c1ccc(OCC(C)C)cc1. The summed E-state index contributed by atoms with van der Waals surface area (Å²) in [6, 6.07) is 8.95. The van der Waals surface area contributed by atoms with Crippen molar-refractivity contribution in [3.63, 3.8) is 0 Å². The molecule has 0 amide bonds. The van der Waals surface area contributed by atoms with E-state index in [0.717, 1.165) is 25.3 Å². The van der Waals surface area contributed by atoms with Crippen LogP contribution < -0.4 is 10.1 Å². The zero-order valence-electron chi connectivity index (χ0n) is 14.0. The summed E-state index contributed by atoms with van der Waals surface area (Å²) < 4.78 is 5.73. The Labute approximate surface area is 124 Å². The summed E-state index contributed by atoms with van der Waals surface area (Å²) in [6.45, 7) is 15.1. The Kier molecular flexibility index (Phi) is 6.54. The molecule has 0 bridgehead atoms. The normalized spacial score (nSPS) is 13.6. The van der Waals surface area contributed by atoms with Gasteiger partial charge in [-0.25, -0.2) is 0 Å². The first kappa shape index (κ1) is 17.0. The van der Waals surface area contributed by atoms with Crippen molar-refractivity contribution in [3.05, 3.63) is 29.8 Å². The summed E-state index contributed by atoms with van der Waals surface area (Å²) >= 11 is 0. The van der Waals surface area contributed by atoms with E-state index < -0.39 is 0 Å². The van der Waals surface area contributed by atoms with Crippen molar-refractivity contribution < 1.29 is 4.74 Å². The topological polar surface area (TPSA) is 21.3 Å². The summed E-state index contributed by atoms with van der Waals surface area (Å²) in [4.78, 5) is 0. The second-order valence-electron chi connectivity index (χ2n) is 7.18. The molecule has 1 unspecified atom stereocenters. The quantitative estimate of drug-likeness (QED) is 0.772. The van der Waals surface area contributed by atoms with Gasteiger partial charge >= 0.3 is 0 Å². The Morgan fingerprint density at radius 3 is 2.15 bits per heavy atom. The first-order chi connectivity index (χ1) is 9.31. The van der Waals surface area contributed by atoms with Gasteiger partial charge in [0.1, 0.15) is 5.75 Å². The van der Waals surface area contributed by atoms with Crippen molar-refractivity contribution in [2.24, 2.45) is 11.3 Å². The molecule has 0 aliphatic heterocycles. The fourth-order valence-electron chi connectivity index (χ4n) is 1.99. The first-order valence-corrected chi connectivity index (χ1v) is 7.78. The molecule has 0 saturated heterocycles. The van der Waals surface area contributed by atoms with Crippen LogP contribution in [0.15, 0.2) is 24.3 Å². The lowest BCUT2D eigenvalue weighted by Crippen LogP contribution is -2.30. The molecule has 0 fully saturated rings. The highest BCUT2D eigenvalue weighted by molar-refractivity contribution is 5.29. The van der Waals surface area contributed by atoms with Gasteiger partial charge in [0.2, 0.25) is 0 Å². The predicted molar refractivity (Wildman–Crippen MR) is 87.3 cm³/mol. The lowest BCUT2D eigenvalue weighted by molar-refractivity contribution is 0.271. The van der Waals surface area contributed by atoms with E-state index in [0.29, 0.717) is 17.4 Å². The van der Waals surface area contributed by atoms with Crippen LogP contribution in [0.4, 0.5) is 0 Å². The molecule has 0 heterocycles. The number of ether oxygens (including phenoxy) is 1. The van der Waals surface area contributed by atoms with E-state index in [1.807, 2.05) is 0 Å². The molecule has 1 rings (SSSR count). The van der Waals surface area contributed by atoms with Crippen molar-refractivity contribution in [2.45, 2.75) is 54.0 Å². The third kappa shape index (κ3) is 6.42. The monoisotopic (exact) mass is 277 g/mol. The number of rotatable bonds is 7. The molecule has 1 N–H and O–H groups in total. The van der Waals surface area contributed by atoms with E-state index in [4.69, 9.17) is 4.74 Å². The molecule has 0 aromatic heterocycles. The van der Waals surface area contributed by atoms with Crippen LogP contribution in [0.25, 0.3) is 0 Å². The maximum absolute atomic E-state index is 5.73. The third-order valence-corrected chi connectivity index (χ3v) is 3.15. The average molecular weight is 277 g/mol. The molecule has 0 aliphatic rings. The zero-order chi connectivity index (χ0) is 15.2. The van der Waals surface area contributed by atoms with Crippen LogP contribution in [0.2, 0.25) is 0 Å². The van der Waals surface area contributed by atoms with Gasteiger partial charge in [-0.3, -0.25) is 0 Å². The number of hydrogen-bond donors (Lipinski definition) is 1. The molecule has 114 valence electrons. The van der Waals surface area contributed by atoms with Gasteiger partial charge in [-0.05, 0) is 35.4 Å². The molecule has 0 saturated carbocycles. The van der Waals surface area contributed by atoms with Gasteiger partial charge in [0.05, 0.1) is 6.61 Å². The van der Waals surface area contributed by atoms with Gasteiger partial charge in [-0.15, -0.1) is 0 Å². The molecule has 1 atom stereocenters. The summed E-state index contributed by atoms with van der Waals surface area (Å²) in [5, 5.41) is 3.65. The zero-order valence-corrected chi connectivity index (χ0v) is 14.0. The second-order valence-corrected chi connectivity index (χ2v) is 7.18. The van der Waals surface area contributed by atoms with Gasteiger partial charge in [0.25, 0.3) is 0 Å². The standard InChI is InChI=1S/C18H31NO/c1-7-17(19-13-18(4,5)6)15-8-10-16(11-9-15)20-12-14(2)3/h8-11,14,17,19H,7,12-13H2,1-6H3. The molecule has 1 aromatic rings. The Balaban J connectivity index is 2.60. The van der Waals surface area contributed by atoms with Crippen molar-refractivity contribution in [2.75, 3.05) is 13.2 Å². The molecule has 0 spiro atoms. The highest BCUT2D eigenvalue weighted by atomic mass is 16.5. The van der Waals surface area contributed by atoms with E-state index in [-0.39, 0.29) is 0 Å². The molecule has 0 radical (unpaired) electrons. The van der Waals surface area contributed by atoms with Gasteiger partial charge in [-0.2, -0.15) is 0 Å². The van der Waals surface area contributed by atoms with E-state index >= 15 is 0 Å². The van der Waals surface area contributed by atoms with Crippen LogP contribution in [0.3, 0.4) is 0 Å². The lowest BCUT2D eigenvalue weighted by atomic mass is 9.95. The average Bonchev–Trinajstić information content (AvgIpc) is 2.37. The summed E-state index contributed by atoms with van der Waals surface area (Å²) in [5.74, 6) is 1.53.